The van der Waals surface area contributed by atoms with Crippen molar-refractivity contribution in [1.29, 1.82) is 0 Å². The first-order valence-corrected chi connectivity index (χ1v) is 5.26. The van der Waals surface area contributed by atoms with Gasteiger partial charge >= 0.3 is 0 Å². The van der Waals surface area contributed by atoms with E-state index in [9.17, 15) is 5.11 Å². The summed E-state index contributed by atoms with van der Waals surface area (Å²) in [6.45, 7) is 6.61. The summed E-state index contributed by atoms with van der Waals surface area (Å²) in [5.41, 5.74) is -0.150. The van der Waals surface area contributed by atoms with Gasteiger partial charge in [-0.3, -0.25) is 0 Å². The summed E-state index contributed by atoms with van der Waals surface area (Å²) in [6, 6.07) is 0. The van der Waals surface area contributed by atoms with Crippen molar-refractivity contribution < 1.29 is 5.11 Å². The SMILES string of the molecule is CCC(C)(C)C1(O)C2CCCC21. The molecule has 2 aliphatic carbocycles. The Bertz CT molecular complexity index is 185. The highest BCUT2D eigenvalue weighted by Gasteiger charge is 2.70. The molecule has 0 aromatic heterocycles. The molecule has 0 bridgehead atoms. The van der Waals surface area contributed by atoms with Crippen molar-refractivity contribution >= 4 is 0 Å². The predicted octanol–water partition coefficient (Wildman–Crippen LogP) is 2.58. The number of rotatable bonds is 2. The summed E-state index contributed by atoms with van der Waals surface area (Å²) in [7, 11) is 0. The Hall–Kier alpha value is -0.0400. The first-order chi connectivity index (χ1) is 5.54. The second-order valence-electron chi connectivity index (χ2n) is 5.21. The van der Waals surface area contributed by atoms with E-state index >= 15 is 0 Å². The number of fused-ring (bicyclic) bond motifs is 1. The molecular weight excluding hydrogens is 148 g/mol. The second-order valence-corrected chi connectivity index (χ2v) is 5.21. The van der Waals surface area contributed by atoms with E-state index in [2.05, 4.69) is 20.8 Å². The van der Waals surface area contributed by atoms with E-state index in [1.807, 2.05) is 0 Å². The zero-order valence-corrected chi connectivity index (χ0v) is 8.43. The van der Waals surface area contributed by atoms with Crippen LogP contribution < -0.4 is 0 Å². The number of hydrogen-bond donors (Lipinski definition) is 1. The van der Waals surface area contributed by atoms with Gasteiger partial charge in [-0.15, -0.1) is 0 Å². The molecule has 2 saturated carbocycles. The highest BCUT2D eigenvalue weighted by molar-refractivity contribution is 5.20. The van der Waals surface area contributed by atoms with Crippen LogP contribution in [-0.2, 0) is 0 Å². The maximum atomic E-state index is 10.4. The molecule has 2 rings (SSSR count). The van der Waals surface area contributed by atoms with Crippen LogP contribution in [0.3, 0.4) is 0 Å². The lowest BCUT2D eigenvalue weighted by atomic mass is 9.78. The molecule has 0 aliphatic heterocycles. The van der Waals surface area contributed by atoms with Crippen LogP contribution in [-0.4, -0.2) is 10.7 Å². The van der Waals surface area contributed by atoms with Crippen molar-refractivity contribution in [2.45, 2.75) is 52.1 Å². The molecular formula is C11H20O. The van der Waals surface area contributed by atoms with Gasteiger partial charge in [0.1, 0.15) is 0 Å². The number of aliphatic hydroxyl groups is 1. The van der Waals surface area contributed by atoms with E-state index in [1.165, 1.54) is 19.3 Å². The monoisotopic (exact) mass is 168 g/mol. The van der Waals surface area contributed by atoms with Gasteiger partial charge in [-0.05, 0) is 36.5 Å². The van der Waals surface area contributed by atoms with Crippen LogP contribution in [0.4, 0.5) is 0 Å². The van der Waals surface area contributed by atoms with Gasteiger partial charge in [0.05, 0.1) is 5.60 Å². The van der Waals surface area contributed by atoms with Gasteiger partial charge < -0.3 is 5.11 Å². The molecule has 1 heteroatoms. The van der Waals surface area contributed by atoms with E-state index in [0.717, 1.165) is 6.42 Å². The third-order valence-corrected chi connectivity index (χ3v) is 4.51. The van der Waals surface area contributed by atoms with Crippen molar-refractivity contribution in [2.75, 3.05) is 0 Å². The second kappa shape index (κ2) is 2.25. The van der Waals surface area contributed by atoms with Crippen molar-refractivity contribution in [2.24, 2.45) is 17.3 Å². The maximum absolute atomic E-state index is 10.4. The van der Waals surface area contributed by atoms with Gasteiger partial charge in [0.25, 0.3) is 0 Å². The smallest absolute Gasteiger partial charge is 0.0761 e. The van der Waals surface area contributed by atoms with Crippen LogP contribution in [0.15, 0.2) is 0 Å². The Morgan fingerprint density at radius 1 is 1.33 bits per heavy atom. The van der Waals surface area contributed by atoms with Crippen LogP contribution in [0.5, 0.6) is 0 Å². The van der Waals surface area contributed by atoms with E-state index in [0.29, 0.717) is 11.8 Å². The maximum Gasteiger partial charge on any atom is 0.0761 e. The molecule has 1 nitrogen and oxygen atoms in total. The minimum absolute atomic E-state index is 0.142. The normalized spacial score (nSPS) is 46.0. The van der Waals surface area contributed by atoms with Crippen molar-refractivity contribution in [3.8, 4) is 0 Å². The third-order valence-electron chi connectivity index (χ3n) is 4.51. The Labute approximate surface area is 75.2 Å². The molecule has 0 heterocycles. The van der Waals surface area contributed by atoms with E-state index in [4.69, 9.17) is 0 Å². The zero-order valence-electron chi connectivity index (χ0n) is 8.43. The molecule has 70 valence electrons. The van der Waals surface area contributed by atoms with Crippen LogP contribution >= 0.6 is 0 Å². The van der Waals surface area contributed by atoms with E-state index < -0.39 is 0 Å². The van der Waals surface area contributed by atoms with Gasteiger partial charge in [-0.1, -0.05) is 27.2 Å². The lowest BCUT2D eigenvalue weighted by Crippen LogP contribution is -2.35. The van der Waals surface area contributed by atoms with Crippen molar-refractivity contribution in [3.63, 3.8) is 0 Å². The van der Waals surface area contributed by atoms with Crippen molar-refractivity contribution in [1.82, 2.24) is 0 Å². The Balaban J connectivity index is 2.15. The van der Waals surface area contributed by atoms with Crippen molar-refractivity contribution in [3.05, 3.63) is 0 Å². The first kappa shape index (κ1) is 8.55. The fourth-order valence-corrected chi connectivity index (χ4v) is 3.21. The molecule has 0 spiro atoms. The first-order valence-electron chi connectivity index (χ1n) is 5.26. The summed E-state index contributed by atoms with van der Waals surface area (Å²) in [4.78, 5) is 0. The van der Waals surface area contributed by atoms with Gasteiger partial charge in [0.2, 0.25) is 0 Å². The quantitative estimate of drug-likeness (QED) is 0.672. The van der Waals surface area contributed by atoms with Gasteiger partial charge in [-0.2, -0.15) is 0 Å². The highest BCUT2D eigenvalue weighted by atomic mass is 16.3. The predicted molar refractivity (Wildman–Crippen MR) is 49.9 cm³/mol. The molecule has 12 heavy (non-hydrogen) atoms. The summed E-state index contributed by atoms with van der Waals surface area (Å²) < 4.78 is 0. The minimum Gasteiger partial charge on any atom is -0.389 e. The Kier molecular flexibility index (Phi) is 1.61. The topological polar surface area (TPSA) is 20.2 Å². The third kappa shape index (κ3) is 0.783. The fraction of sp³-hybridized carbons (Fsp3) is 1.00. The van der Waals surface area contributed by atoms with Gasteiger partial charge in [0.15, 0.2) is 0 Å². The molecule has 2 atom stereocenters. The van der Waals surface area contributed by atoms with E-state index in [-0.39, 0.29) is 11.0 Å². The standard InChI is InChI=1S/C11H20O/c1-4-10(2,3)11(12)8-6-5-7-9(8)11/h8-9,12H,4-7H2,1-3H3. The van der Waals surface area contributed by atoms with Gasteiger partial charge in [-0.25, -0.2) is 0 Å². The summed E-state index contributed by atoms with van der Waals surface area (Å²) in [6.07, 6.45) is 4.98. The molecule has 0 saturated heterocycles. The van der Waals surface area contributed by atoms with Gasteiger partial charge in [0, 0.05) is 0 Å². The Morgan fingerprint density at radius 2 is 1.83 bits per heavy atom. The molecule has 0 radical (unpaired) electrons. The summed E-state index contributed by atoms with van der Waals surface area (Å²) in [5, 5.41) is 10.4. The molecule has 0 aromatic carbocycles. The minimum atomic E-state index is -0.292. The summed E-state index contributed by atoms with van der Waals surface area (Å²) >= 11 is 0. The fourth-order valence-electron chi connectivity index (χ4n) is 3.21. The molecule has 2 fully saturated rings. The molecule has 0 amide bonds. The van der Waals surface area contributed by atoms with E-state index in [1.54, 1.807) is 0 Å². The average molecular weight is 168 g/mol. The molecule has 2 unspecified atom stereocenters. The highest BCUT2D eigenvalue weighted by Crippen LogP contribution is 2.68. The lowest BCUT2D eigenvalue weighted by molar-refractivity contribution is -0.0113. The Morgan fingerprint density at radius 3 is 2.25 bits per heavy atom. The molecule has 0 aromatic rings. The average Bonchev–Trinajstić information content (AvgIpc) is 2.53. The molecule has 1 N–H and O–H groups in total. The largest absolute Gasteiger partial charge is 0.389 e. The van der Waals surface area contributed by atoms with Crippen LogP contribution in [0, 0.1) is 17.3 Å². The van der Waals surface area contributed by atoms with Crippen LogP contribution in [0.1, 0.15) is 46.5 Å². The number of hydrogen-bond acceptors (Lipinski definition) is 1. The molecule has 2 aliphatic rings. The van der Waals surface area contributed by atoms with Crippen LogP contribution in [0.2, 0.25) is 0 Å². The zero-order chi connectivity index (χ0) is 8.98. The summed E-state index contributed by atoms with van der Waals surface area (Å²) in [5.74, 6) is 1.29. The van der Waals surface area contributed by atoms with Crippen LogP contribution in [0.25, 0.3) is 0 Å². The lowest BCUT2D eigenvalue weighted by Gasteiger charge is -2.32.